The SMILES string of the molecule is CCCCCCN1C(=O)C(=Cc2c(C)c(C#N)c(=O)n(CCC)c2N2CCC(Cc3ccccc3)CC2)SC1=S. The van der Waals surface area contributed by atoms with Gasteiger partial charge in [-0.05, 0) is 62.1 Å². The van der Waals surface area contributed by atoms with Crippen LogP contribution < -0.4 is 10.5 Å². The number of thiocarbonyl (C=S) groups is 1. The number of unbranched alkanes of at least 4 members (excludes halogenated alkanes) is 3. The summed E-state index contributed by atoms with van der Waals surface area (Å²) in [5.41, 5.74) is 2.68. The van der Waals surface area contributed by atoms with Crippen molar-refractivity contribution in [3.05, 3.63) is 67.8 Å². The van der Waals surface area contributed by atoms with Crippen molar-refractivity contribution in [2.45, 2.75) is 78.7 Å². The number of carbonyl (C=O) groups excluding carboxylic acids is 1. The molecule has 8 heteroatoms. The molecule has 2 aromatic rings. The third kappa shape index (κ3) is 6.70. The highest BCUT2D eigenvalue weighted by molar-refractivity contribution is 8.26. The summed E-state index contributed by atoms with van der Waals surface area (Å²) < 4.78 is 2.34. The second-order valence-electron chi connectivity index (χ2n) is 10.8. The van der Waals surface area contributed by atoms with Gasteiger partial charge < -0.3 is 4.90 Å². The van der Waals surface area contributed by atoms with E-state index in [0.29, 0.717) is 33.8 Å². The molecular formula is C32H40N4O2S2. The minimum Gasteiger partial charge on any atom is -0.357 e. The van der Waals surface area contributed by atoms with Crippen LogP contribution in [0.25, 0.3) is 6.08 Å². The molecule has 3 heterocycles. The maximum absolute atomic E-state index is 13.5. The van der Waals surface area contributed by atoms with Gasteiger partial charge in [-0.15, -0.1) is 0 Å². The Morgan fingerprint density at radius 3 is 2.42 bits per heavy atom. The van der Waals surface area contributed by atoms with E-state index in [1.165, 1.54) is 17.3 Å². The Morgan fingerprint density at radius 2 is 1.77 bits per heavy atom. The molecule has 2 fully saturated rings. The largest absolute Gasteiger partial charge is 0.357 e. The summed E-state index contributed by atoms with van der Waals surface area (Å²) in [5, 5.41) is 9.93. The first-order valence-corrected chi connectivity index (χ1v) is 15.8. The zero-order valence-corrected chi connectivity index (χ0v) is 25.6. The molecule has 1 aromatic heterocycles. The van der Waals surface area contributed by atoms with Crippen LogP contribution >= 0.6 is 24.0 Å². The van der Waals surface area contributed by atoms with Crippen LogP contribution in [-0.4, -0.2) is 39.3 Å². The molecule has 6 nitrogen and oxygen atoms in total. The number of aromatic nitrogens is 1. The van der Waals surface area contributed by atoms with Gasteiger partial charge in [-0.3, -0.25) is 19.1 Å². The summed E-state index contributed by atoms with van der Waals surface area (Å²) in [4.78, 5) is 31.5. The molecule has 0 bridgehead atoms. The number of rotatable bonds is 11. The number of piperidine rings is 1. The fourth-order valence-electron chi connectivity index (χ4n) is 5.73. The number of hydrogen-bond donors (Lipinski definition) is 0. The van der Waals surface area contributed by atoms with Crippen molar-refractivity contribution in [1.82, 2.24) is 9.47 Å². The molecule has 0 unspecified atom stereocenters. The van der Waals surface area contributed by atoms with Crippen LogP contribution in [0.5, 0.6) is 0 Å². The maximum atomic E-state index is 13.5. The lowest BCUT2D eigenvalue weighted by Crippen LogP contribution is -2.40. The highest BCUT2D eigenvalue weighted by atomic mass is 32.2. The lowest BCUT2D eigenvalue weighted by atomic mass is 9.90. The van der Waals surface area contributed by atoms with Gasteiger partial charge in [-0.25, -0.2) is 0 Å². The molecule has 40 heavy (non-hydrogen) atoms. The highest BCUT2D eigenvalue weighted by Gasteiger charge is 2.33. The van der Waals surface area contributed by atoms with Crippen LogP contribution in [0.4, 0.5) is 5.82 Å². The summed E-state index contributed by atoms with van der Waals surface area (Å²) in [5.74, 6) is 1.33. The zero-order chi connectivity index (χ0) is 28.6. The van der Waals surface area contributed by atoms with Gasteiger partial charge >= 0.3 is 0 Å². The topological polar surface area (TPSA) is 69.3 Å². The summed E-state index contributed by atoms with van der Waals surface area (Å²) in [6, 6.07) is 12.8. The van der Waals surface area contributed by atoms with Gasteiger partial charge in [0.15, 0.2) is 0 Å². The van der Waals surface area contributed by atoms with E-state index in [9.17, 15) is 14.9 Å². The predicted octanol–water partition coefficient (Wildman–Crippen LogP) is 6.68. The molecule has 1 amide bonds. The molecule has 2 aliphatic rings. The van der Waals surface area contributed by atoms with Gasteiger partial charge in [0.2, 0.25) is 0 Å². The third-order valence-corrected chi connectivity index (χ3v) is 9.34. The number of anilines is 1. The molecule has 4 rings (SSSR count). The number of carbonyl (C=O) groups is 1. The van der Waals surface area contributed by atoms with Crippen molar-refractivity contribution in [2.24, 2.45) is 5.92 Å². The van der Waals surface area contributed by atoms with Crippen molar-refractivity contribution < 1.29 is 4.79 Å². The van der Waals surface area contributed by atoms with Crippen LogP contribution in [0.2, 0.25) is 0 Å². The van der Waals surface area contributed by atoms with E-state index < -0.39 is 0 Å². The molecule has 212 valence electrons. The lowest BCUT2D eigenvalue weighted by Gasteiger charge is -2.36. The highest BCUT2D eigenvalue weighted by Crippen LogP contribution is 2.37. The van der Waals surface area contributed by atoms with Crippen molar-refractivity contribution in [1.29, 1.82) is 5.26 Å². The van der Waals surface area contributed by atoms with Crippen LogP contribution in [0.1, 0.15) is 81.0 Å². The molecule has 0 aliphatic carbocycles. The molecule has 2 saturated heterocycles. The zero-order valence-electron chi connectivity index (χ0n) is 23.9. The lowest BCUT2D eigenvalue weighted by molar-refractivity contribution is -0.122. The molecule has 0 atom stereocenters. The van der Waals surface area contributed by atoms with Crippen LogP contribution in [0.15, 0.2) is 40.0 Å². The Balaban J connectivity index is 1.67. The van der Waals surface area contributed by atoms with Gasteiger partial charge in [0, 0.05) is 31.7 Å². The van der Waals surface area contributed by atoms with E-state index in [1.807, 2.05) is 26.0 Å². The Morgan fingerprint density at radius 1 is 1.05 bits per heavy atom. The first-order chi connectivity index (χ1) is 19.4. The van der Waals surface area contributed by atoms with Crippen molar-refractivity contribution in [3.63, 3.8) is 0 Å². The maximum Gasteiger partial charge on any atom is 0.270 e. The van der Waals surface area contributed by atoms with Crippen molar-refractivity contribution in [2.75, 3.05) is 24.5 Å². The second kappa shape index (κ2) is 14.1. The number of amides is 1. The van der Waals surface area contributed by atoms with Crippen LogP contribution in [0, 0.1) is 24.2 Å². The van der Waals surface area contributed by atoms with Gasteiger partial charge in [0.05, 0.1) is 4.91 Å². The molecule has 0 saturated carbocycles. The molecule has 0 N–H and O–H groups in total. The fourth-order valence-corrected chi connectivity index (χ4v) is 7.02. The van der Waals surface area contributed by atoms with Gasteiger partial charge in [-0.2, -0.15) is 5.26 Å². The Bertz CT molecular complexity index is 1350. The molecule has 2 aliphatic heterocycles. The minimum atomic E-state index is -0.246. The summed E-state index contributed by atoms with van der Waals surface area (Å²) in [6.45, 7) is 8.84. The molecular weight excluding hydrogens is 537 g/mol. The number of pyridine rings is 1. The van der Waals surface area contributed by atoms with E-state index in [2.05, 4.69) is 42.2 Å². The Hall–Kier alpha value is -2.89. The summed E-state index contributed by atoms with van der Waals surface area (Å²) >= 11 is 6.92. The summed E-state index contributed by atoms with van der Waals surface area (Å²) in [6.07, 6.45) is 10.0. The van der Waals surface area contributed by atoms with E-state index in [-0.39, 0.29) is 17.0 Å². The van der Waals surface area contributed by atoms with Gasteiger partial charge in [-0.1, -0.05) is 87.4 Å². The first kappa shape index (κ1) is 30.1. The number of hydrogen-bond acceptors (Lipinski definition) is 6. The smallest absolute Gasteiger partial charge is 0.270 e. The molecule has 0 spiro atoms. The second-order valence-corrected chi connectivity index (χ2v) is 12.5. The fraction of sp³-hybridized carbons (Fsp3) is 0.500. The average Bonchev–Trinajstić information content (AvgIpc) is 3.22. The van der Waals surface area contributed by atoms with Gasteiger partial charge in [0.25, 0.3) is 11.5 Å². The third-order valence-electron chi connectivity index (χ3n) is 7.96. The monoisotopic (exact) mass is 576 g/mol. The summed E-state index contributed by atoms with van der Waals surface area (Å²) in [7, 11) is 0. The van der Waals surface area contributed by atoms with Crippen LogP contribution in [-0.2, 0) is 17.8 Å². The average molecular weight is 577 g/mol. The van der Waals surface area contributed by atoms with E-state index in [1.54, 1.807) is 9.47 Å². The normalized spacial score (nSPS) is 17.2. The number of thioether (sulfide) groups is 1. The van der Waals surface area contributed by atoms with E-state index in [4.69, 9.17) is 12.2 Å². The standard InChI is InChI=1S/C32H40N4O2S2/c1-4-6-7-11-17-36-31(38)28(40-32(36)39)21-26-23(3)27(22-33)30(37)35(16-5-2)29(26)34-18-14-25(15-19-34)20-24-12-9-8-10-13-24/h8-10,12-13,21,25H,4-7,11,14-20H2,1-3H3. The van der Waals surface area contributed by atoms with Crippen molar-refractivity contribution >= 4 is 46.1 Å². The molecule has 1 aromatic carbocycles. The Labute approximate surface area is 248 Å². The first-order valence-electron chi connectivity index (χ1n) is 14.6. The number of nitrogens with zero attached hydrogens (tertiary/aromatic N) is 4. The van der Waals surface area contributed by atoms with Gasteiger partial charge in [0.1, 0.15) is 21.8 Å². The molecule has 0 radical (unpaired) electrons. The Kier molecular flexibility index (Phi) is 10.6. The van der Waals surface area contributed by atoms with E-state index in [0.717, 1.165) is 75.8 Å². The van der Waals surface area contributed by atoms with Crippen molar-refractivity contribution in [3.8, 4) is 6.07 Å². The quantitative estimate of drug-likeness (QED) is 0.169. The number of nitriles is 1. The van der Waals surface area contributed by atoms with Crippen LogP contribution in [0.3, 0.4) is 0 Å². The number of benzene rings is 1. The predicted molar refractivity (Wildman–Crippen MR) is 170 cm³/mol. The van der Waals surface area contributed by atoms with E-state index >= 15 is 0 Å². The minimum absolute atomic E-state index is 0.0785.